The van der Waals surface area contributed by atoms with Crippen molar-refractivity contribution in [2.45, 2.75) is 19.6 Å². The molecule has 0 saturated heterocycles. The molecule has 4 nitrogen and oxygen atoms in total. The van der Waals surface area contributed by atoms with E-state index < -0.39 is 0 Å². The van der Waals surface area contributed by atoms with Crippen LogP contribution in [0.5, 0.6) is 5.75 Å². The molecule has 2 rings (SSSR count). The molecule has 0 bridgehead atoms. The van der Waals surface area contributed by atoms with Gasteiger partial charge >= 0.3 is 0 Å². The van der Waals surface area contributed by atoms with Crippen molar-refractivity contribution in [3.63, 3.8) is 0 Å². The van der Waals surface area contributed by atoms with Crippen LogP contribution in [-0.4, -0.2) is 19.5 Å². The molecule has 0 fully saturated rings. The van der Waals surface area contributed by atoms with E-state index in [-0.39, 0.29) is 18.3 Å². The van der Waals surface area contributed by atoms with Crippen LogP contribution in [0.2, 0.25) is 5.02 Å². The summed E-state index contributed by atoms with van der Waals surface area (Å²) in [5, 5.41) is 6.47. The Balaban J connectivity index is 0.00000288. The molecule has 6 heteroatoms. The molecule has 2 aromatic carbocycles. The van der Waals surface area contributed by atoms with Gasteiger partial charge in [0.15, 0.2) is 0 Å². The second-order valence-electron chi connectivity index (χ2n) is 5.12. The molecule has 0 heterocycles. The Bertz CT molecular complexity index is 650. The summed E-state index contributed by atoms with van der Waals surface area (Å²) in [6.07, 6.45) is 0.467. The zero-order chi connectivity index (χ0) is 16.5. The maximum absolute atomic E-state index is 11.7. The van der Waals surface area contributed by atoms with Crippen LogP contribution in [0.1, 0.15) is 17.5 Å². The van der Waals surface area contributed by atoms with Gasteiger partial charge in [-0.15, -0.1) is 12.4 Å². The summed E-state index contributed by atoms with van der Waals surface area (Å²) in [6, 6.07) is 15.3. The van der Waals surface area contributed by atoms with E-state index in [0.717, 1.165) is 11.1 Å². The minimum atomic E-state index is 0. The highest BCUT2D eigenvalue weighted by molar-refractivity contribution is 6.32. The van der Waals surface area contributed by atoms with Gasteiger partial charge in [0.2, 0.25) is 5.91 Å². The molecule has 0 aliphatic rings. The lowest BCUT2D eigenvalue weighted by atomic mass is 10.1. The molecule has 1 amide bonds. The Labute approximate surface area is 154 Å². The lowest BCUT2D eigenvalue weighted by molar-refractivity contribution is -0.121. The maximum Gasteiger partial charge on any atom is 0.221 e. The number of ether oxygens (including phenoxy) is 1. The van der Waals surface area contributed by atoms with Gasteiger partial charge in [-0.1, -0.05) is 48.0 Å². The van der Waals surface area contributed by atoms with Crippen LogP contribution >= 0.6 is 24.0 Å². The predicted molar refractivity (Wildman–Crippen MR) is 99.9 cm³/mol. The normalized spacial score (nSPS) is 9.92. The van der Waals surface area contributed by atoms with Crippen molar-refractivity contribution in [2.24, 2.45) is 0 Å². The first-order valence-electron chi connectivity index (χ1n) is 7.56. The van der Waals surface area contributed by atoms with Gasteiger partial charge in [-0.25, -0.2) is 0 Å². The van der Waals surface area contributed by atoms with Crippen molar-refractivity contribution in [2.75, 3.05) is 13.6 Å². The standard InChI is InChI=1S/C18H21ClN2O2.ClH/c1-20-11-10-18(22)21-12-14-6-2-3-7-15(14)13-23-17-9-5-4-8-16(17)19;/h2-9,20H,10-13H2,1H3,(H,21,22);1H. The number of rotatable bonds is 8. The van der Waals surface area contributed by atoms with Gasteiger partial charge in [0, 0.05) is 19.5 Å². The van der Waals surface area contributed by atoms with E-state index in [9.17, 15) is 4.79 Å². The van der Waals surface area contributed by atoms with Crippen molar-refractivity contribution >= 4 is 29.9 Å². The first-order chi connectivity index (χ1) is 11.2. The molecule has 0 spiro atoms. The van der Waals surface area contributed by atoms with Crippen LogP contribution in [-0.2, 0) is 17.9 Å². The quantitative estimate of drug-likeness (QED) is 0.748. The highest BCUT2D eigenvalue weighted by Gasteiger charge is 2.06. The number of carbonyl (C=O) groups is 1. The molecular weight excluding hydrogens is 347 g/mol. The third-order valence-corrected chi connectivity index (χ3v) is 3.73. The molecule has 0 aliphatic heterocycles. The number of para-hydroxylation sites is 1. The summed E-state index contributed by atoms with van der Waals surface area (Å²) in [5.74, 6) is 0.684. The second kappa shape index (κ2) is 10.9. The SMILES string of the molecule is CNCCC(=O)NCc1ccccc1COc1ccccc1Cl.Cl. The molecule has 2 aromatic rings. The lowest BCUT2D eigenvalue weighted by Gasteiger charge is -2.12. The van der Waals surface area contributed by atoms with E-state index in [2.05, 4.69) is 10.6 Å². The van der Waals surface area contributed by atoms with E-state index in [0.29, 0.717) is 36.9 Å². The van der Waals surface area contributed by atoms with Crippen molar-refractivity contribution in [1.29, 1.82) is 0 Å². The van der Waals surface area contributed by atoms with Crippen molar-refractivity contribution in [1.82, 2.24) is 10.6 Å². The summed E-state index contributed by atoms with van der Waals surface area (Å²) >= 11 is 6.09. The molecule has 130 valence electrons. The largest absolute Gasteiger partial charge is 0.487 e. The third kappa shape index (κ3) is 6.40. The van der Waals surface area contributed by atoms with Gasteiger partial charge in [-0.05, 0) is 30.3 Å². The number of hydrogen-bond donors (Lipinski definition) is 2. The Kier molecular flexibility index (Phi) is 9.23. The van der Waals surface area contributed by atoms with E-state index in [1.165, 1.54) is 0 Å². The summed E-state index contributed by atoms with van der Waals surface area (Å²) in [7, 11) is 1.83. The fourth-order valence-corrected chi connectivity index (χ4v) is 2.30. The second-order valence-corrected chi connectivity index (χ2v) is 5.53. The van der Waals surface area contributed by atoms with E-state index in [4.69, 9.17) is 16.3 Å². The monoisotopic (exact) mass is 368 g/mol. The lowest BCUT2D eigenvalue weighted by Crippen LogP contribution is -2.26. The number of carbonyl (C=O) groups excluding carboxylic acids is 1. The molecule has 0 aromatic heterocycles. The van der Waals surface area contributed by atoms with Gasteiger partial charge < -0.3 is 15.4 Å². The number of amides is 1. The average Bonchev–Trinajstić information content (AvgIpc) is 2.58. The van der Waals surface area contributed by atoms with Crippen LogP contribution < -0.4 is 15.4 Å². The van der Waals surface area contributed by atoms with Crippen LogP contribution in [0.3, 0.4) is 0 Å². The maximum atomic E-state index is 11.7. The Morgan fingerprint density at radius 3 is 2.46 bits per heavy atom. The van der Waals surface area contributed by atoms with Crippen LogP contribution in [0.15, 0.2) is 48.5 Å². The topological polar surface area (TPSA) is 50.4 Å². The number of benzene rings is 2. The molecule has 0 saturated carbocycles. The van der Waals surface area contributed by atoms with Crippen molar-refractivity contribution in [3.05, 3.63) is 64.7 Å². The van der Waals surface area contributed by atoms with Crippen LogP contribution in [0.25, 0.3) is 0 Å². The van der Waals surface area contributed by atoms with E-state index >= 15 is 0 Å². The highest BCUT2D eigenvalue weighted by Crippen LogP contribution is 2.24. The molecule has 0 atom stereocenters. The predicted octanol–water partition coefficient (Wildman–Crippen LogP) is 3.57. The minimum absolute atomic E-state index is 0. The van der Waals surface area contributed by atoms with E-state index in [1.807, 2.05) is 49.5 Å². The minimum Gasteiger partial charge on any atom is -0.487 e. The van der Waals surface area contributed by atoms with Gasteiger partial charge in [0.05, 0.1) is 5.02 Å². The zero-order valence-corrected chi connectivity index (χ0v) is 15.1. The molecular formula is C18H22Cl2N2O2. The first kappa shape index (κ1) is 20.3. The van der Waals surface area contributed by atoms with Crippen LogP contribution in [0, 0.1) is 0 Å². The van der Waals surface area contributed by atoms with Crippen molar-refractivity contribution in [3.8, 4) is 5.75 Å². The number of halogens is 2. The first-order valence-corrected chi connectivity index (χ1v) is 7.94. The Morgan fingerprint density at radius 1 is 1.08 bits per heavy atom. The Morgan fingerprint density at radius 2 is 1.75 bits per heavy atom. The fraction of sp³-hybridized carbons (Fsp3) is 0.278. The summed E-state index contributed by atoms with van der Waals surface area (Å²) in [6.45, 7) is 1.57. The number of hydrogen-bond acceptors (Lipinski definition) is 3. The van der Waals surface area contributed by atoms with E-state index in [1.54, 1.807) is 6.07 Å². The molecule has 0 radical (unpaired) electrons. The Hall–Kier alpha value is -1.75. The van der Waals surface area contributed by atoms with Gasteiger partial charge in [-0.3, -0.25) is 4.79 Å². The zero-order valence-electron chi connectivity index (χ0n) is 13.5. The van der Waals surface area contributed by atoms with Crippen LogP contribution in [0.4, 0.5) is 0 Å². The summed E-state index contributed by atoms with van der Waals surface area (Å²) < 4.78 is 5.78. The molecule has 24 heavy (non-hydrogen) atoms. The average molecular weight is 369 g/mol. The third-order valence-electron chi connectivity index (χ3n) is 3.42. The fourth-order valence-electron chi connectivity index (χ4n) is 2.11. The van der Waals surface area contributed by atoms with Gasteiger partial charge in [0.25, 0.3) is 0 Å². The summed E-state index contributed by atoms with van der Waals surface area (Å²) in [5.41, 5.74) is 2.07. The molecule has 2 N–H and O–H groups in total. The van der Waals surface area contributed by atoms with Crippen molar-refractivity contribution < 1.29 is 9.53 Å². The summed E-state index contributed by atoms with van der Waals surface area (Å²) in [4.78, 5) is 11.7. The number of nitrogens with one attached hydrogen (secondary N) is 2. The van der Waals surface area contributed by atoms with Gasteiger partial charge in [0.1, 0.15) is 12.4 Å². The smallest absolute Gasteiger partial charge is 0.221 e. The van der Waals surface area contributed by atoms with Gasteiger partial charge in [-0.2, -0.15) is 0 Å². The molecule has 0 aliphatic carbocycles. The molecule has 0 unspecified atom stereocenters. The highest BCUT2D eigenvalue weighted by atomic mass is 35.5.